The Morgan fingerprint density at radius 3 is 3.17 bits per heavy atom. The second-order valence-electron chi connectivity index (χ2n) is 4.72. The SMILES string of the molecule is COC(=O)CCn1ccsc1=NC(=O)c1c[nH]c2ncccc12. The Morgan fingerprint density at radius 2 is 2.35 bits per heavy atom. The Morgan fingerprint density at radius 1 is 1.48 bits per heavy atom. The molecule has 0 unspecified atom stereocenters. The van der Waals surface area contributed by atoms with E-state index >= 15 is 0 Å². The molecule has 0 radical (unpaired) electrons. The standard InChI is InChI=1S/C15H14N4O3S/c1-22-12(20)4-6-19-7-8-23-15(19)18-14(21)11-9-17-13-10(11)3-2-5-16-13/h2-3,5,7-9H,4,6H2,1H3,(H,16,17). The van der Waals surface area contributed by atoms with E-state index in [9.17, 15) is 9.59 Å². The summed E-state index contributed by atoms with van der Waals surface area (Å²) >= 11 is 1.34. The molecule has 3 heterocycles. The summed E-state index contributed by atoms with van der Waals surface area (Å²) in [5, 5.41) is 2.55. The van der Waals surface area contributed by atoms with Gasteiger partial charge in [0, 0.05) is 35.9 Å². The van der Waals surface area contributed by atoms with Crippen molar-refractivity contribution in [1.82, 2.24) is 14.5 Å². The van der Waals surface area contributed by atoms with Crippen molar-refractivity contribution in [2.45, 2.75) is 13.0 Å². The average molecular weight is 330 g/mol. The molecule has 0 saturated carbocycles. The molecule has 0 fully saturated rings. The van der Waals surface area contributed by atoms with Crippen LogP contribution in [0.4, 0.5) is 0 Å². The number of aryl methyl sites for hydroxylation is 1. The molecular weight excluding hydrogens is 316 g/mol. The molecule has 0 aromatic carbocycles. The van der Waals surface area contributed by atoms with Crippen LogP contribution in [0.2, 0.25) is 0 Å². The van der Waals surface area contributed by atoms with Gasteiger partial charge in [0.25, 0.3) is 5.91 Å². The summed E-state index contributed by atoms with van der Waals surface area (Å²) in [6.07, 6.45) is 5.28. The minimum atomic E-state index is -0.349. The third-order valence-electron chi connectivity index (χ3n) is 3.32. The van der Waals surface area contributed by atoms with E-state index in [0.717, 1.165) is 5.39 Å². The van der Waals surface area contributed by atoms with Crippen LogP contribution in [-0.4, -0.2) is 33.5 Å². The van der Waals surface area contributed by atoms with Gasteiger partial charge >= 0.3 is 5.97 Å². The molecule has 23 heavy (non-hydrogen) atoms. The molecule has 0 atom stereocenters. The van der Waals surface area contributed by atoms with Gasteiger partial charge in [0.05, 0.1) is 19.1 Å². The number of aromatic amines is 1. The monoisotopic (exact) mass is 330 g/mol. The molecule has 0 bridgehead atoms. The lowest BCUT2D eigenvalue weighted by molar-refractivity contribution is -0.140. The molecular formula is C15H14N4O3S. The van der Waals surface area contributed by atoms with Crippen LogP contribution in [0.15, 0.2) is 41.1 Å². The van der Waals surface area contributed by atoms with Crippen molar-refractivity contribution in [1.29, 1.82) is 0 Å². The molecule has 7 nitrogen and oxygen atoms in total. The summed E-state index contributed by atoms with van der Waals surface area (Å²) in [5.41, 5.74) is 1.12. The number of rotatable bonds is 4. The van der Waals surface area contributed by atoms with Crippen LogP contribution in [0.25, 0.3) is 11.0 Å². The van der Waals surface area contributed by atoms with Gasteiger partial charge in [0.2, 0.25) is 0 Å². The van der Waals surface area contributed by atoms with Gasteiger partial charge in [0.15, 0.2) is 4.80 Å². The highest BCUT2D eigenvalue weighted by Gasteiger charge is 2.12. The number of hydrogen-bond acceptors (Lipinski definition) is 5. The van der Waals surface area contributed by atoms with E-state index in [1.807, 2.05) is 11.4 Å². The smallest absolute Gasteiger partial charge is 0.307 e. The minimum absolute atomic E-state index is 0.228. The summed E-state index contributed by atoms with van der Waals surface area (Å²) < 4.78 is 6.38. The molecule has 3 aromatic heterocycles. The Kier molecular flexibility index (Phi) is 4.33. The third kappa shape index (κ3) is 3.21. The first kappa shape index (κ1) is 15.2. The maximum absolute atomic E-state index is 12.4. The number of carbonyl (C=O) groups excluding carboxylic acids is 2. The van der Waals surface area contributed by atoms with Gasteiger partial charge in [-0.05, 0) is 12.1 Å². The summed E-state index contributed by atoms with van der Waals surface area (Å²) in [5.74, 6) is -0.651. The summed E-state index contributed by atoms with van der Waals surface area (Å²) in [4.78, 5) is 35.5. The first-order chi connectivity index (χ1) is 11.2. The number of methoxy groups -OCH3 is 1. The van der Waals surface area contributed by atoms with Crippen molar-refractivity contribution in [3.63, 3.8) is 0 Å². The van der Waals surface area contributed by atoms with Crippen molar-refractivity contribution in [3.8, 4) is 0 Å². The fourth-order valence-electron chi connectivity index (χ4n) is 2.15. The molecule has 1 amide bonds. The third-order valence-corrected chi connectivity index (χ3v) is 4.12. The zero-order chi connectivity index (χ0) is 16.2. The molecule has 1 N–H and O–H groups in total. The summed E-state index contributed by atoms with van der Waals surface area (Å²) in [7, 11) is 1.35. The van der Waals surface area contributed by atoms with Crippen LogP contribution in [0, 0.1) is 0 Å². The van der Waals surface area contributed by atoms with Gasteiger partial charge in [-0.3, -0.25) is 9.59 Å². The van der Waals surface area contributed by atoms with Crippen molar-refractivity contribution in [2.75, 3.05) is 7.11 Å². The van der Waals surface area contributed by atoms with Crippen LogP contribution in [-0.2, 0) is 16.1 Å². The molecule has 0 aliphatic carbocycles. The number of thiazole rings is 1. The number of nitrogens with one attached hydrogen (secondary N) is 1. The van der Waals surface area contributed by atoms with E-state index < -0.39 is 0 Å². The maximum atomic E-state index is 12.4. The molecule has 118 valence electrons. The highest BCUT2D eigenvalue weighted by molar-refractivity contribution is 7.07. The minimum Gasteiger partial charge on any atom is -0.469 e. The lowest BCUT2D eigenvalue weighted by Gasteiger charge is -2.01. The number of hydrogen-bond donors (Lipinski definition) is 1. The van der Waals surface area contributed by atoms with Crippen LogP contribution in [0.3, 0.4) is 0 Å². The molecule has 3 aromatic rings. The molecule has 0 aliphatic rings. The van der Waals surface area contributed by atoms with Crippen LogP contribution < -0.4 is 4.80 Å². The molecule has 0 saturated heterocycles. The summed E-state index contributed by atoms with van der Waals surface area (Å²) in [6, 6.07) is 3.59. The van der Waals surface area contributed by atoms with Crippen molar-refractivity contribution in [2.24, 2.45) is 4.99 Å². The quantitative estimate of drug-likeness (QED) is 0.738. The number of aromatic nitrogens is 3. The van der Waals surface area contributed by atoms with Gasteiger partial charge in [-0.15, -0.1) is 11.3 Å². The molecule has 8 heteroatoms. The normalized spacial score (nSPS) is 11.8. The van der Waals surface area contributed by atoms with Crippen LogP contribution >= 0.6 is 11.3 Å². The fraction of sp³-hybridized carbons (Fsp3) is 0.200. The fourth-order valence-corrected chi connectivity index (χ4v) is 2.90. The first-order valence-corrected chi connectivity index (χ1v) is 7.79. The van der Waals surface area contributed by atoms with Crippen LogP contribution in [0.5, 0.6) is 0 Å². The van der Waals surface area contributed by atoms with E-state index in [1.165, 1.54) is 18.4 Å². The van der Waals surface area contributed by atoms with Crippen molar-refractivity contribution >= 4 is 34.2 Å². The van der Waals surface area contributed by atoms with Gasteiger partial charge in [-0.1, -0.05) is 0 Å². The van der Waals surface area contributed by atoms with E-state index in [1.54, 1.807) is 29.2 Å². The predicted molar refractivity (Wildman–Crippen MR) is 84.9 cm³/mol. The largest absolute Gasteiger partial charge is 0.469 e. The lowest BCUT2D eigenvalue weighted by atomic mass is 10.2. The van der Waals surface area contributed by atoms with Gasteiger partial charge < -0.3 is 14.3 Å². The average Bonchev–Trinajstić information content (AvgIpc) is 3.19. The Labute approximate surface area is 135 Å². The van der Waals surface area contributed by atoms with Crippen molar-refractivity contribution < 1.29 is 14.3 Å². The Bertz CT molecular complexity index is 922. The Balaban J connectivity index is 1.88. The van der Waals surface area contributed by atoms with Gasteiger partial charge in [0.1, 0.15) is 5.65 Å². The molecule has 0 aliphatic heterocycles. The number of carbonyl (C=O) groups is 2. The van der Waals surface area contributed by atoms with E-state index in [-0.39, 0.29) is 18.3 Å². The first-order valence-electron chi connectivity index (χ1n) is 6.91. The van der Waals surface area contributed by atoms with E-state index in [4.69, 9.17) is 0 Å². The lowest BCUT2D eigenvalue weighted by Crippen LogP contribution is -2.18. The zero-order valence-corrected chi connectivity index (χ0v) is 13.2. The highest BCUT2D eigenvalue weighted by Crippen LogP contribution is 2.16. The zero-order valence-electron chi connectivity index (χ0n) is 12.4. The molecule has 0 spiro atoms. The second kappa shape index (κ2) is 6.57. The maximum Gasteiger partial charge on any atom is 0.307 e. The van der Waals surface area contributed by atoms with E-state index in [0.29, 0.717) is 22.6 Å². The Hall–Kier alpha value is -2.74. The highest BCUT2D eigenvalue weighted by atomic mass is 32.1. The molecule has 3 rings (SSSR count). The number of nitrogens with zero attached hydrogens (tertiary/aromatic N) is 3. The van der Waals surface area contributed by atoms with Crippen molar-refractivity contribution in [3.05, 3.63) is 46.5 Å². The number of fused-ring (bicyclic) bond motifs is 1. The predicted octanol–water partition coefficient (Wildman–Crippen LogP) is 1.73. The number of pyridine rings is 1. The number of esters is 1. The number of amides is 1. The topological polar surface area (TPSA) is 89.3 Å². The number of H-pyrrole nitrogens is 1. The second-order valence-corrected chi connectivity index (χ2v) is 5.60. The van der Waals surface area contributed by atoms with Gasteiger partial charge in [-0.2, -0.15) is 4.99 Å². The number of ether oxygens (including phenoxy) is 1. The van der Waals surface area contributed by atoms with Gasteiger partial charge in [-0.25, -0.2) is 4.98 Å². The summed E-state index contributed by atoms with van der Waals surface area (Å²) in [6.45, 7) is 0.414. The van der Waals surface area contributed by atoms with E-state index in [2.05, 4.69) is 19.7 Å². The van der Waals surface area contributed by atoms with Crippen LogP contribution in [0.1, 0.15) is 16.8 Å².